The van der Waals surface area contributed by atoms with Gasteiger partial charge >= 0.3 is 0 Å². The third kappa shape index (κ3) is 15.7. The second-order valence-corrected chi connectivity index (χ2v) is 6.89. The fraction of sp³-hybridized carbons (Fsp3) is 0.600. The van der Waals surface area contributed by atoms with E-state index in [1.165, 1.54) is 0 Å². The van der Waals surface area contributed by atoms with Crippen molar-refractivity contribution in [1.82, 2.24) is 4.90 Å². The molecule has 150 valence electrons. The van der Waals surface area contributed by atoms with Crippen molar-refractivity contribution in [2.75, 3.05) is 20.7 Å². The van der Waals surface area contributed by atoms with Gasteiger partial charge in [0.2, 0.25) is 0 Å². The van der Waals surface area contributed by atoms with Crippen LogP contribution in [0, 0.1) is 0 Å². The zero-order valence-corrected chi connectivity index (χ0v) is 17.0. The van der Waals surface area contributed by atoms with Gasteiger partial charge in [-0.2, -0.15) is 0 Å². The molecule has 1 aromatic rings. The van der Waals surface area contributed by atoms with E-state index >= 15 is 0 Å². The first-order valence-corrected chi connectivity index (χ1v) is 8.51. The lowest BCUT2D eigenvalue weighted by Gasteiger charge is -2.14. The minimum absolute atomic E-state index is 0.0417. The van der Waals surface area contributed by atoms with Crippen LogP contribution in [0.3, 0.4) is 0 Å². The van der Waals surface area contributed by atoms with Gasteiger partial charge in [-0.15, -0.1) is 0 Å². The average molecular weight is 370 g/mol. The largest absolute Gasteiger partial charge is 0.463 e. The lowest BCUT2D eigenvalue weighted by atomic mass is 10.2. The summed E-state index contributed by atoms with van der Waals surface area (Å²) in [5.41, 5.74) is 1.05. The molecule has 2 atom stereocenters. The predicted molar refractivity (Wildman–Crippen MR) is 104 cm³/mol. The van der Waals surface area contributed by atoms with Crippen LogP contribution in [0.1, 0.15) is 39.7 Å². The molecule has 1 heterocycles. The van der Waals surface area contributed by atoms with Crippen molar-refractivity contribution in [3.63, 3.8) is 0 Å². The molecule has 2 rings (SSSR count). The number of methoxy groups -OCH3 is 1. The highest BCUT2D eigenvalue weighted by Crippen LogP contribution is 2.13. The fourth-order valence-electron chi connectivity index (χ4n) is 1.87. The van der Waals surface area contributed by atoms with Crippen molar-refractivity contribution >= 4 is 13.3 Å². The van der Waals surface area contributed by atoms with Crippen molar-refractivity contribution in [3.05, 3.63) is 35.9 Å². The number of carbonyl (C=O) groups excluding carboxylic acids is 2. The predicted octanol–water partition coefficient (Wildman–Crippen LogP) is 2.68. The average Bonchev–Trinajstić information content (AvgIpc) is 2.92. The van der Waals surface area contributed by atoms with E-state index in [0.717, 1.165) is 18.5 Å². The van der Waals surface area contributed by atoms with Crippen LogP contribution in [0.4, 0.5) is 0 Å². The van der Waals surface area contributed by atoms with E-state index in [2.05, 4.69) is 16.6 Å². The fourth-order valence-corrected chi connectivity index (χ4v) is 1.87. The number of hydrogen-bond donors (Lipinski definition) is 1. The minimum atomic E-state index is -0.0741. The molecular weight excluding hydrogens is 334 g/mol. The van der Waals surface area contributed by atoms with Crippen LogP contribution in [-0.4, -0.2) is 61.7 Å². The number of nitrogens with zero attached hydrogens (tertiary/aromatic N) is 1. The Hall–Kier alpha value is -1.76. The number of carbonyl (C=O) groups is 2. The van der Waals surface area contributed by atoms with Gasteiger partial charge in [-0.25, -0.2) is 0 Å². The first-order valence-electron chi connectivity index (χ1n) is 8.51. The summed E-state index contributed by atoms with van der Waals surface area (Å²) < 4.78 is 9.48. The smallest absolute Gasteiger partial charge is 0.293 e. The summed E-state index contributed by atoms with van der Waals surface area (Å²) in [5.74, 6) is 0. The number of aliphatic hydroxyl groups is 1. The maximum Gasteiger partial charge on any atom is 0.293 e. The topological polar surface area (TPSA) is 76.1 Å². The number of likely N-dealkylation sites (tertiary alicyclic amines) is 1. The van der Waals surface area contributed by atoms with Crippen LogP contribution in [0.2, 0.25) is 0 Å². The molecule has 0 bridgehead atoms. The van der Waals surface area contributed by atoms with Crippen LogP contribution in [0.5, 0.6) is 0 Å². The monoisotopic (exact) mass is 369 g/mol. The molecular formula is C20H35NO5. The van der Waals surface area contributed by atoms with Gasteiger partial charge in [-0.05, 0) is 46.7 Å². The summed E-state index contributed by atoms with van der Waals surface area (Å²) in [4.78, 5) is 19.9. The van der Waals surface area contributed by atoms with Crippen LogP contribution in [0.15, 0.2) is 30.3 Å². The first-order chi connectivity index (χ1) is 12.2. The number of benzene rings is 1. The second kappa shape index (κ2) is 15.5. The van der Waals surface area contributed by atoms with Crippen LogP contribution >= 0.6 is 0 Å². The Labute approximate surface area is 158 Å². The Morgan fingerprint density at radius 1 is 1.27 bits per heavy atom. The molecule has 1 N–H and O–H groups in total. The Morgan fingerprint density at radius 2 is 1.77 bits per heavy atom. The molecule has 0 amide bonds. The van der Waals surface area contributed by atoms with Gasteiger partial charge in [-0.1, -0.05) is 30.3 Å². The van der Waals surface area contributed by atoms with Crippen LogP contribution < -0.4 is 0 Å². The van der Waals surface area contributed by atoms with Crippen molar-refractivity contribution < 1.29 is 24.2 Å². The summed E-state index contributed by atoms with van der Waals surface area (Å²) in [7, 11) is 3.75. The number of rotatable bonds is 3. The molecule has 1 aromatic carbocycles. The van der Waals surface area contributed by atoms with Gasteiger partial charge in [0, 0.05) is 19.7 Å². The van der Waals surface area contributed by atoms with Gasteiger partial charge in [-0.3, -0.25) is 4.79 Å². The Bertz CT molecular complexity index is 437. The van der Waals surface area contributed by atoms with E-state index < -0.39 is 0 Å². The molecule has 0 aliphatic carbocycles. The molecule has 2 unspecified atom stereocenters. The highest BCUT2D eigenvalue weighted by Gasteiger charge is 2.23. The van der Waals surface area contributed by atoms with Crippen LogP contribution in [0.25, 0.3) is 0 Å². The van der Waals surface area contributed by atoms with Gasteiger partial charge < -0.3 is 24.3 Å². The van der Waals surface area contributed by atoms with E-state index in [0.29, 0.717) is 19.1 Å². The third-order valence-corrected chi connectivity index (χ3v) is 3.64. The van der Waals surface area contributed by atoms with Gasteiger partial charge in [0.05, 0.1) is 11.7 Å². The van der Waals surface area contributed by atoms with Crippen molar-refractivity contribution in [1.29, 1.82) is 0 Å². The maximum absolute atomic E-state index is 9.76. The molecule has 26 heavy (non-hydrogen) atoms. The second-order valence-electron chi connectivity index (χ2n) is 6.89. The molecule has 1 fully saturated rings. The van der Waals surface area contributed by atoms with E-state index in [4.69, 9.17) is 14.6 Å². The van der Waals surface area contributed by atoms with E-state index in [-0.39, 0.29) is 11.7 Å². The number of likely N-dealkylation sites (N-methyl/N-ethyl adjacent to an activating group) is 1. The Kier molecular flexibility index (Phi) is 15.8. The lowest BCUT2D eigenvalue weighted by Crippen LogP contribution is -2.21. The quantitative estimate of drug-likeness (QED) is 0.826. The SMILES string of the molecule is C=O.CC1CC(O)CN1C.COC(C)(C)C.O=COCc1ccccc1. The zero-order valence-electron chi connectivity index (χ0n) is 17.0. The van der Waals surface area contributed by atoms with Gasteiger partial charge in [0.25, 0.3) is 6.47 Å². The maximum atomic E-state index is 9.76. The summed E-state index contributed by atoms with van der Waals surface area (Å²) in [6, 6.07) is 10.1. The van der Waals surface area contributed by atoms with E-state index in [1.54, 1.807) is 7.11 Å². The zero-order chi connectivity index (χ0) is 20.6. The van der Waals surface area contributed by atoms with Crippen molar-refractivity contribution in [2.24, 2.45) is 0 Å². The highest BCUT2D eigenvalue weighted by atomic mass is 16.5. The molecule has 6 heteroatoms. The number of aliphatic hydroxyl groups excluding tert-OH is 1. The van der Waals surface area contributed by atoms with Crippen molar-refractivity contribution in [2.45, 2.75) is 58.5 Å². The number of hydrogen-bond acceptors (Lipinski definition) is 6. The molecule has 6 nitrogen and oxygen atoms in total. The van der Waals surface area contributed by atoms with Crippen LogP contribution in [-0.2, 0) is 25.7 Å². The molecule has 1 aliphatic rings. The lowest BCUT2D eigenvalue weighted by molar-refractivity contribution is -0.129. The molecule has 1 saturated heterocycles. The summed E-state index contributed by atoms with van der Waals surface area (Å²) in [5, 5.41) is 9.03. The van der Waals surface area contributed by atoms with Crippen molar-refractivity contribution in [3.8, 4) is 0 Å². The highest BCUT2D eigenvalue weighted by molar-refractivity contribution is 5.37. The summed E-state index contributed by atoms with van der Waals surface area (Å²) >= 11 is 0. The Morgan fingerprint density at radius 3 is 2.04 bits per heavy atom. The number of β-amino-alcohol motifs (C(OH)–C–C–N with tert-alkyl or cyclic N) is 1. The van der Waals surface area contributed by atoms with Gasteiger partial charge in [0.15, 0.2) is 0 Å². The Balaban J connectivity index is 0. The summed E-state index contributed by atoms with van der Waals surface area (Å²) in [6.07, 6.45) is 0.867. The summed E-state index contributed by atoms with van der Waals surface area (Å²) in [6.45, 7) is 11.9. The van der Waals surface area contributed by atoms with E-state index in [1.807, 2.05) is 64.9 Å². The van der Waals surface area contributed by atoms with Gasteiger partial charge in [0.1, 0.15) is 13.4 Å². The molecule has 0 spiro atoms. The van der Waals surface area contributed by atoms with E-state index in [9.17, 15) is 4.79 Å². The number of ether oxygens (including phenoxy) is 2. The molecule has 0 radical (unpaired) electrons. The normalized spacial score (nSPS) is 18.9. The minimum Gasteiger partial charge on any atom is -0.463 e. The standard InChI is InChI=1S/C8H8O2.C6H13NO.C5H12O.CH2O/c9-7-10-6-8-4-2-1-3-5-8;1-5-3-6(8)4-7(5)2;1-5(2,3)6-4;1-2/h1-5,7H,6H2;5-6,8H,3-4H2,1-2H3;1-4H3;1H2. The molecule has 0 saturated carbocycles. The molecule has 1 aliphatic heterocycles. The third-order valence-electron chi connectivity index (χ3n) is 3.64. The first kappa shape index (κ1) is 26.5. The molecule has 0 aromatic heterocycles.